The Bertz CT molecular complexity index is 879. The van der Waals surface area contributed by atoms with Crippen LogP contribution in [0.2, 0.25) is 5.02 Å². The van der Waals surface area contributed by atoms with Gasteiger partial charge in [-0.05, 0) is 30.0 Å². The second kappa shape index (κ2) is 9.09. The van der Waals surface area contributed by atoms with Gasteiger partial charge < -0.3 is 9.84 Å². The summed E-state index contributed by atoms with van der Waals surface area (Å²) < 4.78 is 45.8. The van der Waals surface area contributed by atoms with Gasteiger partial charge in [-0.2, -0.15) is 13.2 Å². The smallest absolute Gasteiger partial charge is 0.415 e. The predicted molar refractivity (Wildman–Crippen MR) is 98.4 cm³/mol. The molecule has 4 nitrogen and oxygen atoms in total. The lowest BCUT2D eigenvalue weighted by atomic mass is 9.91. The van der Waals surface area contributed by atoms with Crippen LogP contribution < -0.4 is 0 Å². The Balaban J connectivity index is 2.31. The van der Waals surface area contributed by atoms with Crippen LogP contribution in [0.3, 0.4) is 0 Å². The summed E-state index contributed by atoms with van der Waals surface area (Å²) in [5.74, 6) is -3.49. The Hall–Kier alpha value is -2.56. The number of ether oxygens (including phenoxy) is 1. The fourth-order valence-electron chi connectivity index (χ4n) is 2.78. The maximum atomic E-state index is 13.6. The molecule has 0 saturated carbocycles. The molecule has 8 heteroatoms. The number of benzene rings is 2. The van der Waals surface area contributed by atoms with Crippen molar-refractivity contribution < 1.29 is 27.8 Å². The molecule has 0 aliphatic heterocycles. The van der Waals surface area contributed by atoms with E-state index in [1.807, 2.05) is 0 Å². The molecule has 0 aromatic heterocycles. The number of nitrogens with zero attached hydrogens (tertiary/aromatic N) is 1. The van der Waals surface area contributed by atoms with E-state index in [4.69, 9.17) is 22.9 Å². The van der Waals surface area contributed by atoms with Crippen LogP contribution in [-0.2, 0) is 22.6 Å². The van der Waals surface area contributed by atoms with Crippen LogP contribution in [-0.4, -0.2) is 23.4 Å². The third-order valence-electron chi connectivity index (χ3n) is 4.32. The number of carbonyl (C=O) groups is 1. The molecule has 2 aromatic carbocycles. The average molecular weight is 412 g/mol. The normalized spacial score (nSPS) is 13.6. The van der Waals surface area contributed by atoms with E-state index >= 15 is 0 Å². The first-order chi connectivity index (χ1) is 13.1. The summed E-state index contributed by atoms with van der Waals surface area (Å²) >= 11 is 6.06. The highest BCUT2D eigenvalue weighted by atomic mass is 35.5. The molecule has 28 heavy (non-hydrogen) atoms. The van der Waals surface area contributed by atoms with Gasteiger partial charge in [-0.25, -0.2) is 4.85 Å². The van der Waals surface area contributed by atoms with Crippen LogP contribution in [0.5, 0.6) is 0 Å². The number of halogens is 4. The fourth-order valence-corrected chi connectivity index (χ4v) is 3.00. The maximum Gasteiger partial charge on any atom is 0.415 e. The zero-order chi connectivity index (χ0) is 20.9. The number of rotatable bonds is 7. The Kier molecular flexibility index (Phi) is 7.05. The summed E-state index contributed by atoms with van der Waals surface area (Å²) in [4.78, 5) is 14.9. The standard InChI is InChI=1S/C20H17ClF3NO3/c1-12-14(8-9-16(25-2)17(12)21)10-15(19(26)27)18(20(22,23)24)28-11-13-6-4-3-5-7-13/h3-9,15,18H,10-11H2,1H3,(H,26,27)/t15-,18+/m1/s1. The zero-order valence-electron chi connectivity index (χ0n) is 14.8. The number of carboxylic acid groups (broad SMARTS) is 1. The highest BCUT2D eigenvalue weighted by Gasteiger charge is 2.48. The highest BCUT2D eigenvalue weighted by molar-refractivity contribution is 6.34. The van der Waals surface area contributed by atoms with Gasteiger partial charge in [0.2, 0.25) is 5.69 Å². The molecule has 1 N–H and O–H groups in total. The van der Waals surface area contributed by atoms with Gasteiger partial charge in [0.05, 0.1) is 24.1 Å². The molecular weight excluding hydrogens is 395 g/mol. The summed E-state index contributed by atoms with van der Waals surface area (Å²) in [6, 6.07) is 11.0. The van der Waals surface area contributed by atoms with Crippen molar-refractivity contribution in [3.8, 4) is 0 Å². The minimum Gasteiger partial charge on any atom is -0.481 e. The highest BCUT2D eigenvalue weighted by Crippen LogP contribution is 2.35. The van der Waals surface area contributed by atoms with Gasteiger partial charge in [-0.1, -0.05) is 54.1 Å². The van der Waals surface area contributed by atoms with Crippen molar-refractivity contribution in [1.82, 2.24) is 0 Å². The van der Waals surface area contributed by atoms with Crippen LogP contribution in [0.1, 0.15) is 16.7 Å². The average Bonchev–Trinajstić information content (AvgIpc) is 2.64. The molecular formula is C20H17ClF3NO3. The van der Waals surface area contributed by atoms with Gasteiger partial charge in [0.25, 0.3) is 0 Å². The molecule has 0 fully saturated rings. The first kappa shape index (κ1) is 21.7. The largest absolute Gasteiger partial charge is 0.481 e. The van der Waals surface area contributed by atoms with Gasteiger partial charge in [0.1, 0.15) is 0 Å². The monoisotopic (exact) mass is 411 g/mol. The number of alkyl halides is 3. The van der Waals surface area contributed by atoms with Gasteiger partial charge in [0.15, 0.2) is 6.10 Å². The molecule has 0 aliphatic rings. The third-order valence-corrected chi connectivity index (χ3v) is 4.79. The van der Waals surface area contributed by atoms with E-state index in [-0.39, 0.29) is 17.3 Å². The Morgan fingerprint density at radius 1 is 1.25 bits per heavy atom. The summed E-state index contributed by atoms with van der Waals surface area (Å²) in [6.07, 6.45) is -7.80. The summed E-state index contributed by atoms with van der Waals surface area (Å²) in [5, 5.41) is 9.57. The predicted octanol–water partition coefficient (Wildman–Crippen LogP) is 5.59. The Morgan fingerprint density at radius 3 is 2.43 bits per heavy atom. The lowest BCUT2D eigenvalue weighted by molar-refractivity contribution is -0.241. The van der Waals surface area contributed by atoms with Crippen LogP contribution in [0, 0.1) is 19.4 Å². The minimum atomic E-state index is -4.87. The maximum absolute atomic E-state index is 13.6. The van der Waals surface area contributed by atoms with E-state index in [9.17, 15) is 23.1 Å². The van der Waals surface area contributed by atoms with Crippen LogP contribution in [0.15, 0.2) is 42.5 Å². The molecule has 0 radical (unpaired) electrons. The van der Waals surface area contributed by atoms with E-state index in [1.165, 1.54) is 12.1 Å². The number of hydrogen-bond donors (Lipinski definition) is 1. The van der Waals surface area contributed by atoms with Gasteiger partial charge in [-0.15, -0.1) is 0 Å². The molecule has 2 aromatic rings. The lowest BCUT2D eigenvalue weighted by Gasteiger charge is -2.27. The summed E-state index contributed by atoms with van der Waals surface area (Å²) in [6.45, 7) is 8.20. The topological polar surface area (TPSA) is 50.9 Å². The van der Waals surface area contributed by atoms with Crippen molar-refractivity contribution >= 4 is 23.3 Å². The van der Waals surface area contributed by atoms with E-state index in [2.05, 4.69) is 4.85 Å². The van der Waals surface area contributed by atoms with Crippen molar-refractivity contribution in [2.24, 2.45) is 5.92 Å². The molecule has 0 unspecified atom stereocenters. The van der Waals surface area contributed by atoms with Gasteiger partial charge in [0, 0.05) is 0 Å². The van der Waals surface area contributed by atoms with Gasteiger partial charge >= 0.3 is 12.1 Å². The number of carboxylic acids is 1. The number of aliphatic carboxylic acids is 1. The SMILES string of the molecule is [C-]#[N+]c1ccc(C[C@@H](C(=O)O)[C@H](OCc2ccccc2)C(F)(F)F)c(C)c1Cl. The van der Waals surface area contributed by atoms with E-state index in [0.29, 0.717) is 16.7 Å². The molecule has 0 aliphatic carbocycles. The van der Waals surface area contributed by atoms with E-state index < -0.39 is 30.6 Å². The molecule has 0 saturated heterocycles. The second-order valence-electron chi connectivity index (χ2n) is 6.20. The molecule has 2 atom stereocenters. The van der Waals surface area contributed by atoms with Crippen LogP contribution in [0.25, 0.3) is 4.85 Å². The van der Waals surface area contributed by atoms with E-state index in [0.717, 1.165) is 0 Å². The van der Waals surface area contributed by atoms with Crippen LogP contribution >= 0.6 is 11.6 Å². The number of hydrogen-bond acceptors (Lipinski definition) is 2. The van der Waals surface area contributed by atoms with Crippen molar-refractivity contribution in [1.29, 1.82) is 0 Å². The summed E-state index contributed by atoms with van der Waals surface area (Å²) in [5.41, 5.74) is 1.36. The van der Waals surface area contributed by atoms with Crippen molar-refractivity contribution in [3.05, 3.63) is 75.6 Å². The molecule has 0 amide bonds. The van der Waals surface area contributed by atoms with Gasteiger partial charge in [-0.3, -0.25) is 4.79 Å². The minimum absolute atomic E-state index is 0.102. The third kappa shape index (κ3) is 5.24. The first-order valence-electron chi connectivity index (χ1n) is 8.25. The van der Waals surface area contributed by atoms with Crippen molar-refractivity contribution in [2.45, 2.75) is 32.2 Å². The quantitative estimate of drug-likeness (QED) is 0.604. The molecule has 2 rings (SSSR count). The fraction of sp³-hybridized carbons (Fsp3) is 0.300. The molecule has 0 spiro atoms. The Morgan fingerprint density at radius 2 is 1.89 bits per heavy atom. The van der Waals surface area contributed by atoms with Crippen LogP contribution in [0.4, 0.5) is 18.9 Å². The molecule has 148 valence electrons. The van der Waals surface area contributed by atoms with Crippen molar-refractivity contribution in [2.75, 3.05) is 0 Å². The second-order valence-corrected chi connectivity index (χ2v) is 6.58. The Labute approximate surface area is 165 Å². The van der Waals surface area contributed by atoms with E-state index in [1.54, 1.807) is 37.3 Å². The zero-order valence-corrected chi connectivity index (χ0v) is 15.6. The first-order valence-corrected chi connectivity index (χ1v) is 8.63. The van der Waals surface area contributed by atoms with Crippen molar-refractivity contribution in [3.63, 3.8) is 0 Å². The lowest BCUT2D eigenvalue weighted by Crippen LogP contribution is -2.43. The molecule has 0 bridgehead atoms. The molecule has 0 heterocycles. The summed E-state index contributed by atoms with van der Waals surface area (Å²) in [7, 11) is 0.